The first-order valence-electron chi connectivity index (χ1n) is 11.1. The van der Waals surface area contributed by atoms with Crippen molar-refractivity contribution >= 4 is 16.6 Å². The SMILES string of the molecule is Cn1cc(CN2CCN(c3ccc4c(=O)n(C5CCCC5)cnc4c3)CC2)cnc1=O. The molecule has 1 saturated heterocycles. The number of nitrogens with zero attached hydrogens (tertiary/aromatic N) is 6. The third-order valence-corrected chi connectivity index (χ3v) is 6.63. The third-order valence-electron chi connectivity index (χ3n) is 6.63. The summed E-state index contributed by atoms with van der Waals surface area (Å²) in [5, 5.41) is 0.707. The average molecular weight is 421 g/mol. The van der Waals surface area contributed by atoms with E-state index in [4.69, 9.17) is 0 Å². The van der Waals surface area contributed by atoms with Crippen LogP contribution >= 0.6 is 0 Å². The second kappa shape index (κ2) is 8.26. The van der Waals surface area contributed by atoms with Crippen LogP contribution in [-0.4, -0.2) is 50.2 Å². The summed E-state index contributed by atoms with van der Waals surface area (Å²) in [6.07, 6.45) is 9.80. The summed E-state index contributed by atoms with van der Waals surface area (Å²) in [5.74, 6) is 0. The zero-order valence-corrected chi connectivity index (χ0v) is 17.9. The summed E-state index contributed by atoms with van der Waals surface area (Å²) in [6, 6.07) is 6.34. The Hall–Kier alpha value is -3.00. The lowest BCUT2D eigenvalue weighted by molar-refractivity contribution is 0.249. The van der Waals surface area contributed by atoms with E-state index in [1.165, 1.54) is 17.4 Å². The summed E-state index contributed by atoms with van der Waals surface area (Å²) >= 11 is 0. The predicted octanol–water partition coefficient (Wildman–Crippen LogP) is 1.93. The molecule has 0 amide bonds. The number of anilines is 1. The number of fused-ring (bicyclic) bond motifs is 1. The summed E-state index contributed by atoms with van der Waals surface area (Å²) in [5.41, 5.74) is 2.79. The molecule has 31 heavy (non-hydrogen) atoms. The van der Waals surface area contributed by atoms with Crippen LogP contribution < -0.4 is 16.1 Å². The van der Waals surface area contributed by atoms with Crippen molar-refractivity contribution in [2.24, 2.45) is 7.05 Å². The van der Waals surface area contributed by atoms with Crippen LogP contribution in [0.2, 0.25) is 0 Å². The van der Waals surface area contributed by atoms with Crippen LogP contribution in [0.25, 0.3) is 10.9 Å². The Labute approximate surface area is 180 Å². The molecule has 0 atom stereocenters. The predicted molar refractivity (Wildman–Crippen MR) is 120 cm³/mol. The van der Waals surface area contributed by atoms with E-state index in [1.807, 2.05) is 22.9 Å². The number of aryl methyl sites for hydroxylation is 1. The molecule has 0 bridgehead atoms. The molecule has 0 N–H and O–H groups in total. The molecule has 1 aromatic carbocycles. The Bertz CT molecular complexity index is 1200. The normalized spacial score (nSPS) is 18.2. The lowest BCUT2D eigenvalue weighted by Gasteiger charge is -2.36. The summed E-state index contributed by atoms with van der Waals surface area (Å²) in [7, 11) is 1.73. The van der Waals surface area contributed by atoms with E-state index in [2.05, 4.69) is 25.8 Å². The van der Waals surface area contributed by atoms with Crippen LogP contribution in [0, 0.1) is 0 Å². The topological polar surface area (TPSA) is 76.3 Å². The number of hydrogen-bond acceptors (Lipinski definition) is 6. The number of hydrogen-bond donors (Lipinski definition) is 0. The standard InChI is InChI=1S/C23H28N6O2/c1-26-14-17(13-24-23(26)31)15-27-8-10-28(11-9-27)19-6-7-20-21(12-19)25-16-29(22(20)30)18-4-2-3-5-18/h6-7,12-14,16,18H,2-5,8-11,15H2,1H3. The van der Waals surface area contributed by atoms with Crippen LogP contribution in [0.4, 0.5) is 5.69 Å². The van der Waals surface area contributed by atoms with Crippen molar-refractivity contribution in [2.45, 2.75) is 38.3 Å². The zero-order chi connectivity index (χ0) is 21.4. The van der Waals surface area contributed by atoms with E-state index >= 15 is 0 Å². The van der Waals surface area contributed by atoms with Gasteiger partial charge in [-0.2, -0.15) is 0 Å². The van der Waals surface area contributed by atoms with Crippen molar-refractivity contribution in [3.63, 3.8) is 0 Å². The van der Waals surface area contributed by atoms with Crippen molar-refractivity contribution in [3.05, 3.63) is 63.3 Å². The molecule has 5 rings (SSSR count). The Balaban J connectivity index is 1.28. The van der Waals surface area contributed by atoms with Gasteiger partial charge in [0.15, 0.2) is 0 Å². The highest BCUT2D eigenvalue weighted by Crippen LogP contribution is 2.28. The van der Waals surface area contributed by atoms with Gasteiger partial charge in [0.1, 0.15) is 0 Å². The Morgan fingerprint density at radius 1 is 1.03 bits per heavy atom. The zero-order valence-electron chi connectivity index (χ0n) is 17.9. The molecule has 3 heterocycles. The fraction of sp³-hybridized carbons (Fsp3) is 0.478. The molecule has 0 spiro atoms. The molecule has 0 unspecified atom stereocenters. The number of aromatic nitrogens is 4. The van der Waals surface area contributed by atoms with Crippen molar-refractivity contribution < 1.29 is 0 Å². The highest BCUT2D eigenvalue weighted by atomic mass is 16.1. The second-order valence-corrected chi connectivity index (χ2v) is 8.72. The van der Waals surface area contributed by atoms with E-state index in [9.17, 15) is 9.59 Å². The number of benzene rings is 1. The van der Waals surface area contributed by atoms with Gasteiger partial charge in [0.05, 0.1) is 17.2 Å². The van der Waals surface area contributed by atoms with Crippen molar-refractivity contribution in [2.75, 3.05) is 31.1 Å². The highest BCUT2D eigenvalue weighted by molar-refractivity contribution is 5.81. The molecule has 2 aliphatic rings. The number of piperazine rings is 1. The molecule has 1 aliphatic heterocycles. The maximum Gasteiger partial charge on any atom is 0.347 e. The summed E-state index contributed by atoms with van der Waals surface area (Å²) in [4.78, 5) is 37.7. The molecule has 8 heteroatoms. The molecule has 2 fully saturated rings. The minimum atomic E-state index is -0.228. The van der Waals surface area contributed by atoms with Crippen LogP contribution in [0.15, 0.2) is 46.5 Å². The van der Waals surface area contributed by atoms with Gasteiger partial charge in [0.25, 0.3) is 5.56 Å². The van der Waals surface area contributed by atoms with Gasteiger partial charge < -0.3 is 9.47 Å². The molecule has 2 aromatic heterocycles. The quantitative estimate of drug-likeness (QED) is 0.642. The Morgan fingerprint density at radius 3 is 2.55 bits per heavy atom. The first-order chi connectivity index (χ1) is 15.1. The molecule has 1 saturated carbocycles. The monoisotopic (exact) mass is 420 g/mol. The minimum absolute atomic E-state index is 0.0825. The van der Waals surface area contributed by atoms with Crippen LogP contribution in [0.1, 0.15) is 37.3 Å². The van der Waals surface area contributed by atoms with E-state index in [1.54, 1.807) is 19.6 Å². The maximum atomic E-state index is 12.9. The smallest absolute Gasteiger partial charge is 0.347 e. The fourth-order valence-corrected chi connectivity index (χ4v) is 4.83. The number of rotatable bonds is 4. The molecular formula is C23H28N6O2. The van der Waals surface area contributed by atoms with Gasteiger partial charge in [0, 0.05) is 69.5 Å². The van der Waals surface area contributed by atoms with E-state index in [-0.39, 0.29) is 11.2 Å². The maximum absolute atomic E-state index is 12.9. The van der Waals surface area contributed by atoms with E-state index in [0.717, 1.165) is 62.3 Å². The van der Waals surface area contributed by atoms with Gasteiger partial charge in [-0.15, -0.1) is 0 Å². The molecule has 1 aliphatic carbocycles. The lowest BCUT2D eigenvalue weighted by atomic mass is 10.1. The second-order valence-electron chi connectivity index (χ2n) is 8.72. The van der Waals surface area contributed by atoms with Crippen LogP contribution in [0.5, 0.6) is 0 Å². The van der Waals surface area contributed by atoms with Gasteiger partial charge in [-0.1, -0.05) is 12.8 Å². The van der Waals surface area contributed by atoms with Gasteiger partial charge >= 0.3 is 5.69 Å². The van der Waals surface area contributed by atoms with Crippen LogP contribution in [-0.2, 0) is 13.6 Å². The third kappa shape index (κ3) is 3.99. The fourth-order valence-electron chi connectivity index (χ4n) is 4.83. The highest BCUT2D eigenvalue weighted by Gasteiger charge is 2.21. The van der Waals surface area contributed by atoms with Crippen molar-refractivity contribution in [3.8, 4) is 0 Å². The van der Waals surface area contributed by atoms with Gasteiger partial charge in [-0.05, 0) is 31.0 Å². The largest absolute Gasteiger partial charge is 0.369 e. The lowest BCUT2D eigenvalue weighted by Crippen LogP contribution is -2.46. The molecular weight excluding hydrogens is 392 g/mol. The molecule has 162 valence electrons. The van der Waals surface area contributed by atoms with Gasteiger partial charge in [-0.25, -0.2) is 14.8 Å². The van der Waals surface area contributed by atoms with Crippen molar-refractivity contribution in [1.82, 2.24) is 24.0 Å². The van der Waals surface area contributed by atoms with E-state index in [0.29, 0.717) is 11.4 Å². The van der Waals surface area contributed by atoms with Crippen molar-refractivity contribution in [1.29, 1.82) is 0 Å². The summed E-state index contributed by atoms with van der Waals surface area (Å²) in [6.45, 7) is 4.46. The molecule has 8 nitrogen and oxygen atoms in total. The Morgan fingerprint density at radius 2 is 1.81 bits per heavy atom. The Kier molecular flexibility index (Phi) is 5.31. The molecule has 3 aromatic rings. The van der Waals surface area contributed by atoms with Gasteiger partial charge in [-0.3, -0.25) is 14.3 Å². The van der Waals surface area contributed by atoms with Crippen LogP contribution in [0.3, 0.4) is 0 Å². The summed E-state index contributed by atoms with van der Waals surface area (Å²) < 4.78 is 3.36. The average Bonchev–Trinajstić information content (AvgIpc) is 3.31. The van der Waals surface area contributed by atoms with Gasteiger partial charge in [0.2, 0.25) is 0 Å². The minimum Gasteiger partial charge on any atom is -0.369 e. The molecule has 0 radical (unpaired) electrons. The van der Waals surface area contributed by atoms with E-state index < -0.39 is 0 Å². The first-order valence-corrected chi connectivity index (χ1v) is 11.1. The first kappa shape index (κ1) is 19.9.